The number of ether oxygens (including phenoxy) is 1. The third-order valence-corrected chi connectivity index (χ3v) is 4.63. The van der Waals surface area contributed by atoms with E-state index in [1.807, 2.05) is 19.3 Å². The van der Waals surface area contributed by atoms with Gasteiger partial charge >= 0.3 is 0 Å². The molecule has 0 aromatic carbocycles. The number of hydrogen-bond donors (Lipinski definition) is 0. The molecule has 0 unspecified atom stereocenters. The fourth-order valence-electron chi connectivity index (χ4n) is 3.13. The maximum absolute atomic E-state index is 5.38. The molecule has 2 fully saturated rings. The van der Waals surface area contributed by atoms with Crippen LogP contribution in [-0.4, -0.2) is 72.6 Å². The van der Waals surface area contributed by atoms with Crippen molar-refractivity contribution in [2.75, 3.05) is 67.2 Å². The first kappa shape index (κ1) is 16.0. The predicted octanol–water partition coefficient (Wildman–Crippen LogP) is 0.738. The summed E-state index contributed by atoms with van der Waals surface area (Å²) in [7, 11) is 0. The Bertz CT molecular complexity index is 677. The van der Waals surface area contributed by atoms with Crippen LogP contribution in [-0.2, 0) is 4.74 Å². The lowest BCUT2D eigenvalue weighted by atomic mass is 10.3. The molecule has 4 heterocycles. The minimum atomic E-state index is 0.756. The Labute approximate surface area is 147 Å². The Morgan fingerprint density at radius 3 is 1.84 bits per heavy atom. The van der Waals surface area contributed by atoms with Crippen LogP contribution >= 0.6 is 0 Å². The van der Waals surface area contributed by atoms with Gasteiger partial charge in [-0.05, 0) is 24.6 Å². The van der Waals surface area contributed by atoms with Crippen molar-refractivity contribution in [2.45, 2.75) is 6.92 Å². The molecule has 0 radical (unpaired) electrons. The largest absolute Gasteiger partial charge is 0.378 e. The Hall–Kier alpha value is -2.48. The second-order valence-electron chi connectivity index (χ2n) is 6.38. The molecular weight excluding hydrogens is 318 g/mol. The van der Waals surface area contributed by atoms with Gasteiger partial charge in [0, 0.05) is 51.7 Å². The number of hydrogen-bond acceptors (Lipinski definition) is 8. The van der Waals surface area contributed by atoms with E-state index in [1.54, 1.807) is 0 Å². The van der Waals surface area contributed by atoms with Crippen LogP contribution in [0.25, 0.3) is 0 Å². The molecule has 25 heavy (non-hydrogen) atoms. The SMILES string of the molecule is Cc1cnc(N2CCN(c3ccc(N4CCOCC4)nn3)CC2)nc1. The summed E-state index contributed by atoms with van der Waals surface area (Å²) in [6.07, 6.45) is 3.73. The first-order valence-corrected chi connectivity index (χ1v) is 8.74. The molecule has 2 aromatic heterocycles. The highest BCUT2D eigenvalue weighted by Crippen LogP contribution is 2.18. The smallest absolute Gasteiger partial charge is 0.225 e. The lowest BCUT2D eigenvalue weighted by Crippen LogP contribution is -2.47. The Morgan fingerprint density at radius 2 is 1.28 bits per heavy atom. The van der Waals surface area contributed by atoms with Crippen LogP contribution in [0.3, 0.4) is 0 Å². The fraction of sp³-hybridized carbons (Fsp3) is 0.529. The molecule has 0 N–H and O–H groups in total. The van der Waals surface area contributed by atoms with Crippen LogP contribution in [0, 0.1) is 6.92 Å². The molecule has 2 aliphatic rings. The first-order valence-electron chi connectivity index (χ1n) is 8.74. The Kier molecular flexibility index (Phi) is 4.60. The predicted molar refractivity (Wildman–Crippen MR) is 96.3 cm³/mol. The van der Waals surface area contributed by atoms with Gasteiger partial charge in [0.2, 0.25) is 5.95 Å². The number of rotatable bonds is 3. The summed E-state index contributed by atoms with van der Waals surface area (Å²) < 4.78 is 5.38. The van der Waals surface area contributed by atoms with Gasteiger partial charge in [0.1, 0.15) is 0 Å². The van der Waals surface area contributed by atoms with Gasteiger partial charge in [-0.25, -0.2) is 9.97 Å². The topological polar surface area (TPSA) is 70.5 Å². The summed E-state index contributed by atoms with van der Waals surface area (Å²) in [6, 6.07) is 4.12. The number of anilines is 3. The number of aryl methyl sites for hydroxylation is 1. The highest BCUT2D eigenvalue weighted by Gasteiger charge is 2.20. The van der Waals surface area contributed by atoms with Crippen molar-refractivity contribution in [3.05, 3.63) is 30.1 Å². The van der Waals surface area contributed by atoms with E-state index < -0.39 is 0 Å². The quantitative estimate of drug-likeness (QED) is 0.810. The number of nitrogens with zero attached hydrogens (tertiary/aromatic N) is 7. The lowest BCUT2D eigenvalue weighted by Gasteiger charge is -2.35. The molecule has 2 aromatic rings. The van der Waals surface area contributed by atoms with E-state index in [0.717, 1.165) is 75.6 Å². The second kappa shape index (κ2) is 7.18. The summed E-state index contributed by atoms with van der Waals surface area (Å²) in [6.45, 7) is 8.82. The monoisotopic (exact) mass is 341 g/mol. The fourth-order valence-corrected chi connectivity index (χ4v) is 3.13. The van der Waals surface area contributed by atoms with Crippen molar-refractivity contribution in [1.82, 2.24) is 20.2 Å². The maximum Gasteiger partial charge on any atom is 0.225 e. The van der Waals surface area contributed by atoms with Crippen molar-refractivity contribution in [2.24, 2.45) is 0 Å². The van der Waals surface area contributed by atoms with Gasteiger partial charge < -0.3 is 19.4 Å². The molecule has 2 aliphatic heterocycles. The minimum absolute atomic E-state index is 0.756. The molecule has 0 amide bonds. The van der Waals surface area contributed by atoms with Crippen LogP contribution in [0.4, 0.5) is 17.6 Å². The zero-order valence-corrected chi connectivity index (χ0v) is 14.5. The van der Waals surface area contributed by atoms with Gasteiger partial charge in [-0.3, -0.25) is 0 Å². The van der Waals surface area contributed by atoms with Gasteiger partial charge in [0.15, 0.2) is 11.6 Å². The molecule has 0 atom stereocenters. The van der Waals surface area contributed by atoms with Crippen molar-refractivity contribution >= 4 is 17.6 Å². The summed E-state index contributed by atoms with van der Waals surface area (Å²) in [5, 5.41) is 8.84. The van der Waals surface area contributed by atoms with Crippen molar-refractivity contribution < 1.29 is 4.74 Å². The van der Waals surface area contributed by atoms with Crippen LogP contribution in [0.1, 0.15) is 5.56 Å². The zero-order valence-electron chi connectivity index (χ0n) is 14.5. The third-order valence-electron chi connectivity index (χ3n) is 4.63. The van der Waals surface area contributed by atoms with Gasteiger partial charge in [-0.1, -0.05) is 0 Å². The lowest BCUT2D eigenvalue weighted by molar-refractivity contribution is 0.122. The summed E-state index contributed by atoms with van der Waals surface area (Å²) in [5.74, 6) is 2.67. The average Bonchev–Trinajstić information content (AvgIpc) is 2.70. The van der Waals surface area contributed by atoms with Crippen molar-refractivity contribution in [1.29, 1.82) is 0 Å². The van der Waals surface area contributed by atoms with E-state index in [2.05, 4.69) is 47.0 Å². The van der Waals surface area contributed by atoms with Crippen LogP contribution in [0.5, 0.6) is 0 Å². The van der Waals surface area contributed by atoms with E-state index in [0.29, 0.717) is 0 Å². The van der Waals surface area contributed by atoms with Crippen molar-refractivity contribution in [3.63, 3.8) is 0 Å². The van der Waals surface area contributed by atoms with Crippen LogP contribution in [0.2, 0.25) is 0 Å². The second-order valence-corrected chi connectivity index (χ2v) is 6.38. The molecule has 4 rings (SSSR count). The maximum atomic E-state index is 5.38. The number of piperazine rings is 1. The summed E-state index contributed by atoms with van der Waals surface area (Å²) in [4.78, 5) is 15.5. The summed E-state index contributed by atoms with van der Waals surface area (Å²) >= 11 is 0. The van der Waals surface area contributed by atoms with Gasteiger partial charge in [0.25, 0.3) is 0 Å². The highest BCUT2D eigenvalue weighted by atomic mass is 16.5. The minimum Gasteiger partial charge on any atom is -0.378 e. The highest BCUT2D eigenvalue weighted by molar-refractivity contribution is 5.47. The van der Waals surface area contributed by atoms with E-state index >= 15 is 0 Å². The van der Waals surface area contributed by atoms with Crippen molar-refractivity contribution in [3.8, 4) is 0 Å². The van der Waals surface area contributed by atoms with Crippen LogP contribution in [0.15, 0.2) is 24.5 Å². The average molecular weight is 341 g/mol. The first-order chi connectivity index (χ1) is 12.3. The Morgan fingerprint density at radius 1 is 0.760 bits per heavy atom. The number of aromatic nitrogens is 4. The summed E-state index contributed by atoms with van der Waals surface area (Å²) in [5.41, 5.74) is 1.08. The molecule has 0 spiro atoms. The molecule has 8 nitrogen and oxygen atoms in total. The van der Waals surface area contributed by atoms with E-state index in [-0.39, 0.29) is 0 Å². The number of morpholine rings is 1. The van der Waals surface area contributed by atoms with E-state index in [4.69, 9.17) is 4.74 Å². The normalized spacial score (nSPS) is 18.5. The molecule has 0 aliphatic carbocycles. The zero-order chi connectivity index (χ0) is 17.1. The molecule has 2 saturated heterocycles. The molecule has 0 bridgehead atoms. The van der Waals surface area contributed by atoms with Gasteiger partial charge in [-0.2, -0.15) is 0 Å². The van der Waals surface area contributed by atoms with E-state index in [9.17, 15) is 0 Å². The molecular formula is C17H23N7O. The van der Waals surface area contributed by atoms with Gasteiger partial charge in [0.05, 0.1) is 13.2 Å². The molecule has 0 saturated carbocycles. The standard InChI is InChI=1S/C17H23N7O/c1-14-12-18-17(19-13-14)24-6-4-22(5-7-24)15-2-3-16(21-20-15)23-8-10-25-11-9-23/h2-3,12-13H,4-11H2,1H3. The van der Waals surface area contributed by atoms with Gasteiger partial charge in [-0.15, -0.1) is 10.2 Å². The molecule has 8 heteroatoms. The van der Waals surface area contributed by atoms with E-state index in [1.165, 1.54) is 0 Å². The van der Waals surface area contributed by atoms with Crippen LogP contribution < -0.4 is 14.7 Å². The third kappa shape index (κ3) is 3.63. The Balaban J connectivity index is 1.36. The molecule has 132 valence electrons.